The van der Waals surface area contributed by atoms with Crippen LogP contribution >= 0.6 is 0 Å². The van der Waals surface area contributed by atoms with Crippen LogP contribution in [0.5, 0.6) is 0 Å². The molecule has 0 spiro atoms. The zero-order valence-corrected chi connectivity index (χ0v) is 31.8. The van der Waals surface area contributed by atoms with Crippen molar-refractivity contribution in [2.75, 3.05) is 78.4 Å². The second kappa shape index (κ2) is 24.6. The molecule has 6 N–H and O–H groups in total. The summed E-state index contributed by atoms with van der Waals surface area (Å²) in [6, 6.07) is 0. The van der Waals surface area contributed by atoms with E-state index in [1.165, 1.54) is 0 Å². The maximum absolute atomic E-state index is 11.6. The van der Waals surface area contributed by atoms with Crippen LogP contribution < -0.4 is 29.6 Å². The first kappa shape index (κ1) is 47.3. The molecule has 286 valence electrons. The Kier molecular flexibility index (Phi) is 23.8. The quantitative estimate of drug-likeness (QED) is 0.0305. The topological polar surface area (TPSA) is 262 Å². The van der Waals surface area contributed by atoms with Gasteiger partial charge in [0.15, 0.2) is 6.29 Å². The van der Waals surface area contributed by atoms with E-state index in [1.54, 1.807) is 13.8 Å². The first-order chi connectivity index (χ1) is 22.7. The van der Waals surface area contributed by atoms with Gasteiger partial charge in [0.1, 0.15) is 48.8 Å². The average Bonchev–Trinajstić information content (AvgIpc) is 3.00. The number of ether oxygens (including phenoxy) is 9. The molecule has 18 nitrogen and oxygen atoms in total. The Hall–Kier alpha value is 0.310. The van der Waals surface area contributed by atoms with E-state index in [4.69, 9.17) is 42.6 Å². The van der Waals surface area contributed by atoms with E-state index in [0.29, 0.717) is 0 Å². The molecule has 2 aliphatic heterocycles. The molecule has 0 saturated carbocycles. The van der Waals surface area contributed by atoms with Gasteiger partial charge in [-0.05, 0) is 19.8 Å². The summed E-state index contributed by atoms with van der Waals surface area (Å²) in [4.78, 5) is 0. The fraction of sp³-hybridized carbons (Fsp3) is 1.00. The van der Waals surface area contributed by atoms with Gasteiger partial charge < -0.3 is 77.8 Å². The SMILES string of the molecule is CC(C)OC1C(COCCO)OC(OC2C(COCCOCC(O)CS(=O)(=O)[O-])OC(C(C)C)C(OCCO)C2O)C(OCCO)C1O.[Na+]. The fourth-order valence-corrected chi connectivity index (χ4v) is 5.97. The summed E-state index contributed by atoms with van der Waals surface area (Å²) in [5, 5.41) is 60.8. The molecule has 2 heterocycles. The Morgan fingerprint density at radius 3 is 1.82 bits per heavy atom. The normalized spacial score (nSPS) is 31.6. The Labute approximate surface area is 310 Å². The molecule has 0 bridgehead atoms. The van der Waals surface area contributed by atoms with Crippen molar-refractivity contribution in [1.29, 1.82) is 0 Å². The van der Waals surface area contributed by atoms with Crippen LogP contribution in [-0.2, 0) is 52.7 Å². The van der Waals surface area contributed by atoms with Crippen LogP contribution in [0.2, 0.25) is 0 Å². The predicted octanol–water partition coefficient (Wildman–Crippen LogP) is -6.26. The Morgan fingerprint density at radius 1 is 0.735 bits per heavy atom. The molecule has 11 atom stereocenters. The molecule has 11 unspecified atom stereocenters. The maximum Gasteiger partial charge on any atom is 1.00 e. The predicted molar refractivity (Wildman–Crippen MR) is 163 cm³/mol. The van der Waals surface area contributed by atoms with Gasteiger partial charge in [-0.3, -0.25) is 0 Å². The van der Waals surface area contributed by atoms with E-state index in [2.05, 4.69) is 0 Å². The molecule has 2 aliphatic rings. The molecule has 0 aromatic carbocycles. The molecule has 0 aromatic heterocycles. The van der Waals surface area contributed by atoms with Crippen molar-refractivity contribution in [2.24, 2.45) is 5.92 Å². The van der Waals surface area contributed by atoms with Gasteiger partial charge in [0, 0.05) is 0 Å². The summed E-state index contributed by atoms with van der Waals surface area (Å²) < 4.78 is 85.2. The van der Waals surface area contributed by atoms with Crippen LogP contribution in [0.3, 0.4) is 0 Å². The molecule has 0 aromatic rings. The van der Waals surface area contributed by atoms with Gasteiger partial charge in [0.25, 0.3) is 0 Å². The van der Waals surface area contributed by atoms with Gasteiger partial charge in [0.05, 0.1) is 107 Å². The van der Waals surface area contributed by atoms with E-state index >= 15 is 0 Å². The Morgan fingerprint density at radius 2 is 1.27 bits per heavy atom. The van der Waals surface area contributed by atoms with Crippen LogP contribution in [0.1, 0.15) is 27.7 Å². The van der Waals surface area contributed by atoms with Crippen molar-refractivity contribution in [3.8, 4) is 0 Å². The summed E-state index contributed by atoms with van der Waals surface area (Å²) in [6.45, 7) is 5.25. The van der Waals surface area contributed by atoms with E-state index in [0.717, 1.165) is 0 Å². The average molecular weight is 747 g/mol. The minimum absolute atomic E-state index is 0. The molecule has 2 rings (SSSR count). The van der Waals surface area contributed by atoms with Crippen molar-refractivity contribution < 1.29 is 116 Å². The number of rotatable bonds is 24. The van der Waals surface area contributed by atoms with E-state index in [9.17, 15) is 43.6 Å². The van der Waals surface area contributed by atoms with Crippen LogP contribution in [-0.4, -0.2) is 195 Å². The number of hydrogen-bond acceptors (Lipinski definition) is 18. The Bertz CT molecular complexity index is 962. The van der Waals surface area contributed by atoms with Crippen molar-refractivity contribution in [1.82, 2.24) is 0 Å². The molecule has 0 aliphatic carbocycles. The Balaban J connectivity index is 0.0000120. The van der Waals surface area contributed by atoms with Crippen LogP contribution in [0, 0.1) is 5.92 Å². The molecule has 2 fully saturated rings. The second-order valence-electron chi connectivity index (χ2n) is 12.1. The number of aliphatic hydroxyl groups excluding tert-OH is 6. The first-order valence-corrected chi connectivity index (χ1v) is 17.7. The van der Waals surface area contributed by atoms with Crippen LogP contribution in [0.4, 0.5) is 0 Å². The molecule has 20 heteroatoms. The monoisotopic (exact) mass is 746 g/mol. The van der Waals surface area contributed by atoms with Gasteiger partial charge in [-0.2, -0.15) is 0 Å². The molecule has 2 saturated heterocycles. The van der Waals surface area contributed by atoms with E-state index in [1.807, 2.05) is 13.8 Å². The largest absolute Gasteiger partial charge is 1.00 e. The molecule has 49 heavy (non-hydrogen) atoms. The standard InChI is InChI=1S/C29H56O18S.Na/c1-17(2)24-27(42-9-6-31)22(34)26(20(45-24)14-41-12-11-40-13-19(33)16-48(36,37)38)47-29-28(43-10-7-32)23(35)25(44-18(3)4)21(46-29)15-39-8-5-30;/h17-35H,5-16H2,1-4H3,(H,36,37,38);/q;+1/p-1. The smallest absolute Gasteiger partial charge is 0.748 e. The zero-order chi connectivity index (χ0) is 35.9. The molecular formula is C29H55NaO18S. The van der Waals surface area contributed by atoms with E-state index in [-0.39, 0.29) is 108 Å². The van der Waals surface area contributed by atoms with Gasteiger partial charge in [0.2, 0.25) is 0 Å². The third kappa shape index (κ3) is 16.5. The molecule has 0 radical (unpaired) electrons. The fourth-order valence-electron chi connectivity index (χ4n) is 5.41. The summed E-state index contributed by atoms with van der Waals surface area (Å²) in [5.41, 5.74) is 0. The molecular weight excluding hydrogens is 691 g/mol. The summed E-state index contributed by atoms with van der Waals surface area (Å²) in [5.74, 6) is -1.15. The van der Waals surface area contributed by atoms with Gasteiger partial charge in [-0.25, -0.2) is 8.42 Å². The number of aliphatic hydroxyl groups is 6. The van der Waals surface area contributed by atoms with Crippen LogP contribution in [0.25, 0.3) is 0 Å². The van der Waals surface area contributed by atoms with Crippen LogP contribution in [0.15, 0.2) is 0 Å². The van der Waals surface area contributed by atoms with Crippen molar-refractivity contribution >= 4 is 10.1 Å². The van der Waals surface area contributed by atoms with Crippen molar-refractivity contribution in [3.63, 3.8) is 0 Å². The minimum atomic E-state index is -4.62. The first-order valence-electron chi connectivity index (χ1n) is 16.1. The maximum atomic E-state index is 11.6. The van der Waals surface area contributed by atoms with E-state index < -0.39 is 89.8 Å². The third-order valence-corrected chi connectivity index (χ3v) is 8.16. The summed E-state index contributed by atoms with van der Waals surface area (Å²) in [7, 11) is -4.62. The summed E-state index contributed by atoms with van der Waals surface area (Å²) in [6.07, 6.45) is -12.7. The van der Waals surface area contributed by atoms with Gasteiger partial charge in [-0.15, -0.1) is 0 Å². The second-order valence-corrected chi connectivity index (χ2v) is 13.6. The zero-order valence-electron chi connectivity index (χ0n) is 29.0. The van der Waals surface area contributed by atoms with Gasteiger partial charge >= 0.3 is 29.6 Å². The summed E-state index contributed by atoms with van der Waals surface area (Å²) >= 11 is 0. The minimum Gasteiger partial charge on any atom is -0.748 e. The van der Waals surface area contributed by atoms with Crippen molar-refractivity contribution in [2.45, 2.75) is 101 Å². The number of hydrogen-bond donors (Lipinski definition) is 6. The molecule has 0 amide bonds. The van der Waals surface area contributed by atoms with Gasteiger partial charge in [-0.1, -0.05) is 13.8 Å². The van der Waals surface area contributed by atoms with Crippen molar-refractivity contribution in [3.05, 3.63) is 0 Å². The third-order valence-electron chi connectivity index (χ3n) is 7.37.